The number of carbonyl (C=O) groups is 1. The number of aromatic nitrogens is 1. The number of amides is 1. The second kappa shape index (κ2) is 9.40. The topological polar surface area (TPSA) is 159 Å². The molecule has 0 saturated carbocycles. The van der Waals surface area contributed by atoms with Crippen LogP contribution in [0.4, 0.5) is 5.69 Å². The average Bonchev–Trinajstić information content (AvgIpc) is 3.23. The number of allylic oxidation sites excluding steroid dienone is 1. The zero-order chi connectivity index (χ0) is 25.3. The summed E-state index contributed by atoms with van der Waals surface area (Å²) >= 11 is 5.87. The maximum Gasteiger partial charge on any atom is 0.299 e. The van der Waals surface area contributed by atoms with Gasteiger partial charge in [-0.25, -0.2) is 4.98 Å². The Bertz CT molecular complexity index is 1320. The van der Waals surface area contributed by atoms with Crippen molar-refractivity contribution in [3.05, 3.63) is 102 Å². The third kappa shape index (κ3) is 4.49. The zero-order valence-corrected chi connectivity index (χ0v) is 19.1. The minimum Gasteiger partial charge on any atom is -0.346 e. The summed E-state index contributed by atoms with van der Waals surface area (Å²) in [5.41, 5.74) is 0.593. The molecule has 1 saturated heterocycles. The molecule has 1 unspecified atom stereocenters. The van der Waals surface area contributed by atoms with Crippen LogP contribution in [0.2, 0.25) is 5.15 Å². The zero-order valence-electron chi connectivity index (χ0n) is 18.3. The van der Waals surface area contributed by atoms with Crippen molar-refractivity contribution in [2.45, 2.75) is 19.4 Å². The average molecular weight is 496 g/mol. The lowest BCUT2D eigenvalue weighted by Crippen LogP contribution is -2.40. The number of nitrogens with one attached hydrogen (secondary N) is 1. The Hall–Kier alpha value is -4.50. The van der Waals surface area contributed by atoms with Crippen molar-refractivity contribution in [1.82, 2.24) is 20.1 Å². The van der Waals surface area contributed by atoms with Gasteiger partial charge in [-0.3, -0.25) is 25.0 Å². The summed E-state index contributed by atoms with van der Waals surface area (Å²) in [6.45, 7) is 2.23. The molecule has 0 bridgehead atoms. The van der Waals surface area contributed by atoms with Crippen LogP contribution in [-0.2, 0) is 11.3 Å². The summed E-state index contributed by atoms with van der Waals surface area (Å²) < 4.78 is 0. The van der Waals surface area contributed by atoms with Crippen LogP contribution in [0.25, 0.3) is 0 Å². The van der Waals surface area contributed by atoms with Crippen molar-refractivity contribution in [2.24, 2.45) is 0 Å². The van der Waals surface area contributed by atoms with Gasteiger partial charge < -0.3 is 15.1 Å². The second-order valence-corrected chi connectivity index (χ2v) is 8.25. The predicted octanol–water partition coefficient (Wildman–Crippen LogP) is 2.88. The Kier molecular flexibility index (Phi) is 6.35. The number of benzene rings is 1. The summed E-state index contributed by atoms with van der Waals surface area (Å²) in [6, 6.07) is 10.6. The maximum atomic E-state index is 12.4. The molecule has 12 nitrogen and oxygen atoms in total. The molecule has 3 heterocycles. The van der Waals surface area contributed by atoms with Gasteiger partial charge in [0.1, 0.15) is 16.9 Å². The Labute approximate surface area is 204 Å². The molecule has 1 aromatic heterocycles. The van der Waals surface area contributed by atoms with Crippen molar-refractivity contribution < 1.29 is 14.6 Å². The minimum atomic E-state index is -1.16. The molecule has 1 atom stereocenters. The SMILES string of the molecule is CC(=O)NC1=C(C#N)C(c2ccc([N+](=O)[O-])cc2)C([N+](=O)[O-])=C2N(Cc3ccc(Cl)nc3)CCN12. The van der Waals surface area contributed by atoms with E-state index in [-0.39, 0.29) is 35.1 Å². The fraction of sp³-hybridized carbons (Fsp3) is 0.227. The Morgan fingerprint density at radius 3 is 2.46 bits per heavy atom. The quantitative estimate of drug-likeness (QED) is 0.361. The summed E-state index contributed by atoms with van der Waals surface area (Å²) in [5, 5.41) is 36.5. The van der Waals surface area contributed by atoms with Crippen LogP contribution < -0.4 is 5.32 Å². The molecule has 4 rings (SSSR count). The van der Waals surface area contributed by atoms with Gasteiger partial charge in [-0.1, -0.05) is 29.8 Å². The monoisotopic (exact) mass is 495 g/mol. The van der Waals surface area contributed by atoms with Crippen LogP contribution in [-0.4, -0.2) is 43.6 Å². The molecule has 35 heavy (non-hydrogen) atoms. The highest BCUT2D eigenvalue weighted by atomic mass is 35.5. The van der Waals surface area contributed by atoms with Crippen LogP contribution in [0.3, 0.4) is 0 Å². The number of hydrogen-bond acceptors (Lipinski definition) is 9. The summed E-state index contributed by atoms with van der Waals surface area (Å²) in [4.78, 5) is 41.8. The van der Waals surface area contributed by atoms with E-state index in [4.69, 9.17) is 11.6 Å². The number of carbonyl (C=O) groups excluding carboxylic acids is 1. The summed E-state index contributed by atoms with van der Waals surface area (Å²) in [5.74, 6) is -1.22. The fourth-order valence-corrected chi connectivity index (χ4v) is 4.37. The summed E-state index contributed by atoms with van der Waals surface area (Å²) in [7, 11) is 0. The van der Waals surface area contributed by atoms with Gasteiger partial charge in [0.05, 0.1) is 21.5 Å². The lowest BCUT2D eigenvalue weighted by atomic mass is 9.86. The number of nitro groups is 2. The predicted molar refractivity (Wildman–Crippen MR) is 123 cm³/mol. The van der Waals surface area contributed by atoms with E-state index in [1.54, 1.807) is 28.1 Å². The van der Waals surface area contributed by atoms with Crippen LogP contribution in [0, 0.1) is 31.6 Å². The number of nitro benzene ring substituents is 1. The number of hydrogen-bond donors (Lipinski definition) is 1. The number of fused-ring (bicyclic) bond motifs is 1. The van der Waals surface area contributed by atoms with Crippen molar-refractivity contribution >= 4 is 23.2 Å². The largest absolute Gasteiger partial charge is 0.346 e. The normalized spacial score (nSPS) is 17.2. The van der Waals surface area contributed by atoms with E-state index in [0.29, 0.717) is 23.8 Å². The van der Waals surface area contributed by atoms with E-state index in [0.717, 1.165) is 5.56 Å². The number of non-ortho nitro benzene ring substituents is 1. The molecular formula is C22H18ClN7O5. The highest BCUT2D eigenvalue weighted by Gasteiger charge is 2.48. The molecular weight excluding hydrogens is 478 g/mol. The van der Waals surface area contributed by atoms with Gasteiger partial charge in [-0.05, 0) is 17.2 Å². The van der Waals surface area contributed by atoms with E-state index in [2.05, 4.69) is 10.3 Å². The van der Waals surface area contributed by atoms with E-state index >= 15 is 0 Å². The van der Waals surface area contributed by atoms with Gasteiger partial charge in [-0.15, -0.1) is 0 Å². The van der Waals surface area contributed by atoms with Gasteiger partial charge in [0.15, 0.2) is 5.82 Å². The van der Waals surface area contributed by atoms with Crippen LogP contribution in [0.1, 0.15) is 24.0 Å². The molecule has 2 aliphatic rings. The van der Waals surface area contributed by atoms with Gasteiger partial charge >= 0.3 is 0 Å². The number of rotatable bonds is 6. The Morgan fingerprint density at radius 1 is 1.20 bits per heavy atom. The van der Waals surface area contributed by atoms with E-state index < -0.39 is 21.7 Å². The van der Waals surface area contributed by atoms with Gasteiger partial charge in [-0.2, -0.15) is 5.26 Å². The molecule has 13 heteroatoms. The molecule has 178 valence electrons. The third-order valence-electron chi connectivity index (χ3n) is 5.68. The molecule has 1 fully saturated rings. The van der Waals surface area contributed by atoms with Gasteiger partial charge in [0.25, 0.3) is 11.4 Å². The molecule has 0 spiro atoms. The smallest absolute Gasteiger partial charge is 0.299 e. The molecule has 0 radical (unpaired) electrons. The molecule has 2 aliphatic heterocycles. The molecule has 1 N–H and O–H groups in total. The molecule has 0 aliphatic carbocycles. The van der Waals surface area contributed by atoms with Crippen LogP contribution in [0.5, 0.6) is 0 Å². The number of nitriles is 1. The van der Waals surface area contributed by atoms with Crippen LogP contribution in [0.15, 0.2) is 65.5 Å². The van der Waals surface area contributed by atoms with E-state index in [1.165, 1.54) is 31.2 Å². The minimum absolute atomic E-state index is 0.0282. The first kappa shape index (κ1) is 23.7. The molecule has 2 aromatic rings. The fourth-order valence-electron chi connectivity index (χ4n) is 4.26. The van der Waals surface area contributed by atoms with Crippen molar-refractivity contribution in [1.29, 1.82) is 5.26 Å². The second-order valence-electron chi connectivity index (χ2n) is 7.87. The molecule has 1 amide bonds. The standard InChI is InChI=1S/C22H18ClN7O5/c1-13(31)26-21-17(10-24)19(15-3-5-16(6-4-15)29(32)33)20(30(34)35)22-27(8-9-28(21)22)12-14-2-7-18(23)25-11-14/h2-7,11,19H,8-9,12H2,1H3,(H,26,31). The number of halogens is 1. The number of nitrogens with zero attached hydrogens (tertiary/aromatic N) is 6. The first-order valence-electron chi connectivity index (χ1n) is 10.4. The third-order valence-corrected chi connectivity index (χ3v) is 5.90. The lowest BCUT2D eigenvalue weighted by molar-refractivity contribution is -0.432. The Morgan fingerprint density at radius 2 is 1.91 bits per heavy atom. The lowest BCUT2D eigenvalue weighted by Gasteiger charge is -2.33. The highest BCUT2D eigenvalue weighted by molar-refractivity contribution is 6.29. The van der Waals surface area contributed by atoms with E-state index in [1.807, 2.05) is 6.07 Å². The van der Waals surface area contributed by atoms with E-state index in [9.17, 15) is 30.3 Å². The molecule has 1 aromatic carbocycles. The Balaban J connectivity index is 1.89. The van der Waals surface area contributed by atoms with Gasteiger partial charge in [0.2, 0.25) is 5.91 Å². The van der Waals surface area contributed by atoms with Gasteiger partial charge in [0, 0.05) is 44.9 Å². The van der Waals surface area contributed by atoms with Crippen molar-refractivity contribution in [3.63, 3.8) is 0 Å². The highest BCUT2D eigenvalue weighted by Crippen LogP contribution is 2.44. The number of pyridine rings is 1. The first-order chi connectivity index (χ1) is 16.7. The van der Waals surface area contributed by atoms with Crippen molar-refractivity contribution in [3.8, 4) is 6.07 Å². The van der Waals surface area contributed by atoms with Crippen LogP contribution >= 0.6 is 11.6 Å². The summed E-state index contributed by atoms with van der Waals surface area (Å²) in [6.07, 6.45) is 1.57. The first-order valence-corrected chi connectivity index (χ1v) is 10.8. The maximum absolute atomic E-state index is 12.4. The van der Waals surface area contributed by atoms with Crippen molar-refractivity contribution in [2.75, 3.05) is 13.1 Å².